The van der Waals surface area contributed by atoms with Gasteiger partial charge in [-0.25, -0.2) is 0 Å². The number of amides is 1. The molecule has 104 valence electrons. The SMILES string of the molecule is COCC(C)CNC(=O)CC1CNc2ccccc21. The van der Waals surface area contributed by atoms with Crippen molar-refractivity contribution in [3.63, 3.8) is 0 Å². The number of anilines is 1. The second-order valence-electron chi connectivity index (χ2n) is 5.23. The molecule has 1 aliphatic rings. The summed E-state index contributed by atoms with van der Waals surface area (Å²) in [6.07, 6.45) is 0.545. The van der Waals surface area contributed by atoms with Crippen LogP contribution in [0.5, 0.6) is 0 Å². The van der Waals surface area contributed by atoms with E-state index < -0.39 is 0 Å². The van der Waals surface area contributed by atoms with Gasteiger partial charge in [0.25, 0.3) is 0 Å². The molecule has 1 heterocycles. The molecule has 1 aliphatic heterocycles. The second kappa shape index (κ2) is 6.57. The Hall–Kier alpha value is -1.55. The molecule has 0 aromatic heterocycles. The Kier molecular flexibility index (Phi) is 4.80. The van der Waals surface area contributed by atoms with E-state index in [0.29, 0.717) is 25.5 Å². The van der Waals surface area contributed by atoms with Crippen molar-refractivity contribution in [3.8, 4) is 0 Å². The highest BCUT2D eigenvalue weighted by Crippen LogP contribution is 2.32. The monoisotopic (exact) mass is 262 g/mol. The number of benzene rings is 1. The van der Waals surface area contributed by atoms with Crippen molar-refractivity contribution in [2.24, 2.45) is 5.92 Å². The predicted octanol–water partition coefficient (Wildman–Crippen LogP) is 1.98. The molecule has 2 atom stereocenters. The average molecular weight is 262 g/mol. The molecule has 0 bridgehead atoms. The summed E-state index contributed by atoms with van der Waals surface area (Å²) in [6.45, 7) is 4.26. The first-order valence-corrected chi connectivity index (χ1v) is 6.79. The van der Waals surface area contributed by atoms with Crippen molar-refractivity contribution in [2.45, 2.75) is 19.3 Å². The number of para-hydroxylation sites is 1. The molecule has 0 spiro atoms. The molecule has 2 rings (SSSR count). The van der Waals surface area contributed by atoms with Crippen LogP contribution >= 0.6 is 0 Å². The van der Waals surface area contributed by atoms with Crippen LogP contribution in [0, 0.1) is 5.92 Å². The van der Waals surface area contributed by atoms with Gasteiger partial charge in [0.2, 0.25) is 5.91 Å². The largest absolute Gasteiger partial charge is 0.384 e. The van der Waals surface area contributed by atoms with Crippen LogP contribution in [0.2, 0.25) is 0 Å². The maximum Gasteiger partial charge on any atom is 0.220 e. The van der Waals surface area contributed by atoms with E-state index in [4.69, 9.17) is 4.74 Å². The third-order valence-electron chi connectivity index (χ3n) is 3.47. The lowest BCUT2D eigenvalue weighted by atomic mass is 9.97. The zero-order valence-corrected chi connectivity index (χ0v) is 11.6. The van der Waals surface area contributed by atoms with Crippen LogP contribution in [0.25, 0.3) is 0 Å². The van der Waals surface area contributed by atoms with Crippen LogP contribution in [-0.4, -0.2) is 32.7 Å². The summed E-state index contributed by atoms with van der Waals surface area (Å²) in [5.41, 5.74) is 2.41. The highest BCUT2D eigenvalue weighted by molar-refractivity contribution is 5.78. The number of rotatable bonds is 6. The normalized spacial score (nSPS) is 18.5. The van der Waals surface area contributed by atoms with Crippen molar-refractivity contribution < 1.29 is 9.53 Å². The molecule has 4 heteroatoms. The molecule has 2 unspecified atom stereocenters. The zero-order chi connectivity index (χ0) is 13.7. The van der Waals surface area contributed by atoms with E-state index in [2.05, 4.69) is 29.7 Å². The lowest BCUT2D eigenvalue weighted by molar-refractivity contribution is -0.121. The quantitative estimate of drug-likeness (QED) is 0.824. The van der Waals surface area contributed by atoms with Gasteiger partial charge in [-0.15, -0.1) is 0 Å². The number of carbonyl (C=O) groups is 1. The van der Waals surface area contributed by atoms with Gasteiger partial charge in [0.05, 0.1) is 6.61 Å². The fourth-order valence-corrected chi connectivity index (χ4v) is 2.47. The number of fused-ring (bicyclic) bond motifs is 1. The van der Waals surface area contributed by atoms with Gasteiger partial charge in [-0.3, -0.25) is 4.79 Å². The van der Waals surface area contributed by atoms with E-state index in [1.54, 1.807) is 7.11 Å². The Morgan fingerprint density at radius 3 is 3.11 bits per heavy atom. The minimum Gasteiger partial charge on any atom is -0.384 e. The third-order valence-corrected chi connectivity index (χ3v) is 3.47. The summed E-state index contributed by atoms with van der Waals surface area (Å²) < 4.78 is 5.05. The van der Waals surface area contributed by atoms with Gasteiger partial charge in [-0.1, -0.05) is 25.1 Å². The van der Waals surface area contributed by atoms with Gasteiger partial charge >= 0.3 is 0 Å². The van der Waals surface area contributed by atoms with E-state index in [1.165, 1.54) is 5.56 Å². The summed E-state index contributed by atoms with van der Waals surface area (Å²) >= 11 is 0. The molecule has 19 heavy (non-hydrogen) atoms. The smallest absolute Gasteiger partial charge is 0.220 e. The summed E-state index contributed by atoms with van der Waals surface area (Å²) in [7, 11) is 1.68. The van der Waals surface area contributed by atoms with Gasteiger partial charge in [-0.2, -0.15) is 0 Å². The van der Waals surface area contributed by atoms with Gasteiger partial charge in [0.15, 0.2) is 0 Å². The Labute approximate surface area is 114 Å². The molecular weight excluding hydrogens is 240 g/mol. The van der Waals surface area contributed by atoms with Gasteiger partial charge in [0.1, 0.15) is 0 Å². The van der Waals surface area contributed by atoms with Gasteiger partial charge in [0, 0.05) is 38.2 Å². The van der Waals surface area contributed by atoms with E-state index in [0.717, 1.165) is 12.2 Å². The Bertz CT molecular complexity index is 434. The van der Waals surface area contributed by atoms with Gasteiger partial charge < -0.3 is 15.4 Å². The Balaban J connectivity index is 1.81. The third kappa shape index (κ3) is 3.70. The van der Waals surface area contributed by atoms with Crippen LogP contribution < -0.4 is 10.6 Å². The van der Waals surface area contributed by atoms with Crippen LogP contribution in [-0.2, 0) is 9.53 Å². The molecule has 0 saturated carbocycles. The van der Waals surface area contributed by atoms with Gasteiger partial charge in [-0.05, 0) is 17.5 Å². The number of ether oxygens (including phenoxy) is 1. The highest BCUT2D eigenvalue weighted by Gasteiger charge is 2.23. The van der Waals surface area contributed by atoms with Crippen LogP contribution in [0.3, 0.4) is 0 Å². The van der Waals surface area contributed by atoms with E-state index in [-0.39, 0.29) is 11.8 Å². The first-order valence-electron chi connectivity index (χ1n) is 6.79. The van der Waals surface area contributed by atoms with E-state index >= 15 is 0 Å². The minimum absolute atomic E-state index is 0.117. The standard InChI is InChI=1S/C15H22N2O2/c1-11(10-19-2)8-17-15(18)7-12-9-16-14-6-4-3-5-13(12)14/h3-6,11-12,16H,7-10H2,1-2H3,(H,17,18). The molecule has 1 amide bonds. The predicted molar refractivity (Wildman–Crippen MR) is 76.3 cm³/mol. The molecule has 0 radical (unpaired) electrons. The van der Waals surface area contributed by atoms with Crippen molar-refractivity contribution in [1.82, 2.24) is 5.32 Å². The van der Waals surface area contributed by atoms with Crippen LogP contribution in [0.1, 0.15) is 24.8 Å². The first-order chi connectivity index (χ1) is 9.20. The summed E-state index contributed by atoms with van der Waals surface area (Å²) in [5, 5.41) is 6.32. The molecule has 4 nitrogen and oxygen atoms in total. The van der Waals surface area contributed by atoms with Crippen molar-refractivity contribution in [3.05, 3.63) is 29.8 Å². The van der Waals surface area contributed by atoms with Crippen molar-refractivity contribution >= 4 is 11.6 Å². The van der Waals surface area contributed by atoms with Crippen LogP contribution in [0.15, 0.2) is 24.3 Å². The van der Waals surface area contributed by atoms with E-state index in [1.807, 2.05) is 12.1 Å². The summed E-state index contributed by atoms with van der Waals surface area (Å²) in [4.78, 5) is 11.9. The topological polar surface area (TPSA) is 50.4 Å². The number of carbonyl (C=O) groups excluding carboxylic acids is 1. The highest BCUT2D eigenvalue weighted by atomic mass is 16.5. The fourth-order valence-electron chi connectivity index (χ4n) is 2.47. The fraction of sp³-hybridized carbons (Fsp3) is 0.533. The Morgan fingerprint density at radius 2 is 2.32 bits per heavy atom. The Morgan fingerprint density at radius 1 is 1.53 bits per heavy atom. The number of hydrogen-bond donors (Lipinski definition) is 2. The maximum absolute atomic E-state index is 11.9. The molecule has 1 aromatic carbocycles. The molecule has 0 fully saturated rings. The van der Waals surface area contributed by atoms with Crippen molar-refractivity contribution in [1.29, 1.82) is 0 Å². The number of hydrogen-bond acceptors (Lipinski definition) is 3. The van der Waals surface area contributed by atoms with Crippen LogP contribution in [0.4, 0.5) is 5.69 Å². The minimum atomic E-state index is 0.117. The summed E-state index contributed by atoms with van der Waals surface area (Å²) in [6, 6.07) is 8.20. The van der Waals surface area contributed by atoms with Crippen molar-refractivity contribution in [2.75, 3.05) is 32.1 Å². The van der Waals surface area contributed by atoms with E-state index in [9.17, 15) is 4.79 Å². The number of methoxy groups -OCH3 is 1. The molecular formula is C15H22N2O2. The second-order valence-corrected chi connectivity index (χ2v) is 5.23. The first kappa shape index (κ1) is 13.9. The summed E-state index contributed by atoms with van der Waals surface area (Å²) in [5.74, 6) is 0.753. The zero-order valence-electron chi connectivity index (χ0n) is 11.6. The number of nitrogens with one attached hydrogen (secondary N) is 2. The molecule has 0 saturated heterocycles. The lowest BCUT2D eigenvalue weighted by Gasteiger charge is -2.13. The lowest BCUT2D eigenvalue weighted by Crippen LogP contribution is -2.31. The molecule has 2 N–H and O–H groups in total. The average Bonchev–Trinajstić information content (AvgIpc) is 2.80. The molecule has 0 aliphatic carbocycles. The molecule has 1 aromatic rings. The maximum atomic E-state index is 11.9.